The van der Waals surface area contributed by atoms with Crippen molar-refractivity contribution in [2.45, 2.75) is 35.6 Å². The van der Waals surface area contributed by atoms with E-state index in [0.717, 1.165) is 29.3 Å². The first-order valence-electron chi connectivity index (χ1n) is 8.14. The second-order valence-corrected chi connectivity index (χ2v) is 8.87. The number of sulfonamides is 1. The van der Waals surface area contributed by atoms with Gasteiger partial charge in [-0.25, -0.2) is 28.0 Å². The molecule has 1 fully saturated rings. The van der Waals surface area contributed by atoms with E-state index in [1.165, 1.54) is 24.3 Å². The van der Waals surface area contributed by atoms with Crippen molar-refractivity contribution >= 4 is 45.2 Å². The minimum Gasteiger partial charge on any atom is -0.274 e. The number of rotatable bonds is 5. The lowest BCUT2D eigenvalue weighted by atomic mass is 10.3. The Kier molecular flexibility index (Phi) is 5.47. The number of nitrogens with zero attached hydrogens (tertiary/aromatic N) is 3. The predicted molar refractivity (Wildman–Crippen MR) is 101 cm³/mol. The van der Waals surface area contributed by atoms with Crippen molar-refractivity contribution in [3.8, 4) is 0 Å². The first-order chi connectivity index (χ1) is 13.2. The Balaban J connectivity index is 1.79. The maximum absolute atomic E-state index is 12.7. The van der Waals surface area contributed by atoms with Crippen molar-refractivity contribution in [3.63, 3.8) is 0 Å². The zero-order valence-electron chi connectivity index (χ0n) is 14.9. The Morgan fingerprint density at radius 1 is 1.21 bits per heavy atom. The van der Waals surface area contributed by atoms with Crippen LogP contribution in [0.2, 0.25) is 0 Å². The van der Waals surface area contributed by atoms with E-state index >= 15 is 0 Å². The van der Waals surface area contributed by atoms with Gasteiger partial charge in [-0.05, 0) is 37.3 Å². The number of aryl methyl sites for hydroxylation is 1. The molecule has 9 nitrogen and oxygen atoms in total. The first kappa shape index (κ1) is 20.0. The molecule has 11 heteroatoms. The number of hydrogen-bond donors (Lipinski definition) is 1. The number of carbonyl (C=O) groups excluding carboxylic acids is 3. The summed E-state index contributed by atoms with van der Waals surface area (Å²) >= 11 is 1.11. The lowest BCUT2D eigenvalue weighted by Gasteiger charge is -2.15. The Morgan fingerprint density at radius 3 is 2.50 bits per heavy atom. The fraction of sp³-hybridized carbons (Fsp3) is 0.235. The highest BCUT2D eigenvalue weighted by molar-refractivity contribution is 8.00. The average molecular weight is 420 g/mol. The van der Waals surface area contributed by atoms with Crippen LogP contribution in [0.15, 0.2) is 46.6 Å². The molecule has 1 aromatic heterocycles. The van der Waals surface area contributed by atoms with Gasteiger partial charge in [-0.15, -0.1) is 0 Å². The van der Waals surface area contributed by atoms with Gasteiger partial charge < -0.3 is 0 Å². The van der Waals surface area contributed by atoms with E-state index in [1.54, 1.807) is 19.2 Å². The van der Waals surface area contributed by atoms with Gasteiger partial charge in [0.05, 0.1) is 10.6 Å². The monoisotopic (exact) mass is 420 g/mol. The standard InChI is InChI=1S/C17H16N4O5S2/c1-10-7-8-18-17(19-10)27-14-9-15(23)21(16(14)24)12-3-5-13(6-4-12)28(25,26)20-11(2)22/h3-8,14H,9H2,1-2H3,(H,20,22)/t14-/m0/s1. The van der Waals surface area contributed by atoms with Gasteiger partial charge >= 0.3 is 0 Å². The topological polar surface area (TPSA) is 126 Å². The van der Waals surface area contributed by atoms with Crippen molar-refractivity contribution in [1.82, 2.24) is 14.7 Å². The summed E-state index contributed by atoms with van der Waals surface area (Å²) in [5.74, 6) is -1.53. The molecule has 146 valence electrons. The summed E-state index contributed by atoms with van der Waals surface area (Å²) in [6.45, 7) is 2.89. The molecule has 1 aliphatic rings. The zero-order chi connectivity index (χ0) is 20.5. The second-order valence-electron chi connectivity index (χ2n) is 6.01. The maximum atomic E-state index is 12.7. The van der Waals surface area contributed by atoms with Gasteiger partial charge in [0.25, 0.3) is 10.0 Å². The second kappa shape index (κ2) is 7.68. The third-order valence-electron chi connectivity index (χ3n) is 3.81. The number of amides is 3. The first-order valence-corrected chi connectivity index (χ1v) is 10.5. The van der Waals surface area contributed by atoms with Crippen LogP contribution >= 0.6 is 11.8 Å². The van der Waals surface area contributed by atoms with Gasteiger partial charge in [0.1, 0.15) is 5.25 Å². The third-order valence-corrected chi connectivity index (χ3v) is 6.32. The summed E-state index contributed by atoms with van der Waals surface area (Å²) in [5.41, 5.74) is 1.01. The maximum Gasteiger partial charge on any atom is 0.264 e. The number of anilines is 1. The number of aromatic nitrogens is 2. The minimum absolute atomic E-state index is 0.00720. The van der Waals surface area contributed by atoms with E-state index in [9.17, 15) is 22.8 Å². The highest BCUT2D eigenvalue weighted by Gasteiger charge is 2.40. The molecular weight excluding hydrogens is 404 g/mol. The Bertz CT molecular complexity index is 1050. The van der Waals surface area contributed by atoms with Crippen molar-refractivity contribution < 1.29 is 22.8 Å². The van der Waals surface area contributed by atoms with Crippen molar-refractivity contribution in [2.24, 2.45) is 0 Å². The van der Waals surface area contributed by atoms with Crippen molar-refractivity contribution in [1.29, 1.82) is 0 Å². The summed E-state index contributed by atoms with van der Waals surface area (Å²) < 4.78 is 25.8. The van der Waals surface area contributed by atoms with E-state index in [0.29, 0.717) is 5.16 Å². The van der Waals surface area contributed by atoms with Crippen molar-refractivity contribution in [2.75, 3.05) is 4.90 Å². The molecule has 3 rings (SSSR count). The molecule has 2 aromatic rings. The number of thioether (sulfide) groups is 1. The van der Waals surface area contributed by atoms with Crippen LogP contribution in [0, 0.1) is 6.92 Å². The van der Waals surface area contributed by atoms with Crippen LogP contribution in [0.1, 0.15) is 19.0 Å². The Hall–Kier alpha value is -2.79. The van der Waals surface area contributed by atoms with E-state index in [4.69, 9.17) is 0 Å². The molecule has 1 aromatic carbocycles. The van der Waals surface area contributed by atoms with Crippen LogP contribution < -0.4 is 9.62 Å². The SMILES string of the molecule is CC(=O)NS(=O)(=O)c1ccc(N2C(=O)C[C@H](Sc3nccc(C)n3)C2=O)cc1. The molecule has 0 bridgehead atoms. The summed E-state index contributed by atoms with van der Waals surface area (Å²) in [6, 6.07) is 6.88. The van der Waals surface area contributed by atoms with Gasteiger partial charge in [0, 0.05) is 25.2 Å². The highest BCUT2D eigenvalue weighted by Crippen LogP contribution is 2.32. The van der Waals surface area contributed by atoms with Crippen LogP contribution in [-0.4, -0.2) is 41.4 Å². The molecule has 1 saturated heterocycles. The molecule has 1 N–H and O–H groups in total. The molecule has 0 unspecified atom stereocenters. The Labute approximate surface area is 165 Å². The number of hydrogen-bond acceptors (Lipinski definition) is 8. The zero-order valence-corrected chi connectivity index (χ0v) is 16.6. The third kappa shape index (κ3) is 4.20. The summed E-state index contributed by atoms with van der Waals surface area (Å²) in [4.78, 5) is 45.2. The van der Waals surface area contributed by atoms with Gasteiger partial charge in [-0.3, -0.25) is 14.4 Å². The lowest BCUT2D eigenvalue weighted by molar-refractivity contribution is -0.121. The van der Waals surface area contributed by atoms with Gasteiger partial charge in [0.2, 0.25) is 17.7 Å². The van der Waals surface area contributed by atoms with E-state index in [-0.39, 0.29) is 17.0 Å². The van der Waals surface area contributed by atoms with Crippen LogP contribution in [0.3, 0.4) is 0 Å². The fourth-order valence-electron chi connectivity index (χ4n) is 2.60. The van der Waals surface area contributed by atoms with Crippen LogP contribution in [-0.2, 0) is 24.4 Å². The van der Waals surface area contributed by atoms with Crippen LogP contribution in [0.4, 0.5) is 5.69 Å². The van der Waals surface area contributed by atoms with E-state index in [1.807, 2.05) is 4.72 Å². The summed E-state index contributed by atoms with van der Waals surface area (Å²) in [7, 11) is -3.99. The lowest BCUT2D eigenvalue weighted by Crippen LogP contribution is -2.31. The van der Waals surface area contributed by atoms with Gasteiger partial charge in [-0.1, -0.05) is 11.8 Å². The molecule has 0 radical (unpaired) electrons. The summed E-state index contributed by atoms with van der Waals surface area (Å²) in [5, 5.41) is -0.248. The van der Waals surface area contributed by atoms with E-state index < -0.39 is 33.0 Å². The molecule has 28 heavy (non-hydrogen) atoms. The predicted octanol–water partition coefficient (Wildman–Crippen LogP) is 1.03. The normalized spacial score (nSPS) is 17.1. The summed E-state index contributed by atoms with van der Waals surface area (Å²) in [6.07, 6.45) is 1.57. The van der Waals surface area contributed by atoms with Gasteiger partial charge in [-0.2, -0.15) is 0 Å². The van der Waals surface area contributed by atoms with E-state index in [2.05, 4.69) is 9.97 Å². The molecular formula is C17H16N4O5S2. The minimum atomic E-state index is -3.99. The fourth-order valence-corrected chi connectivity index (χ4v) is 4.60. The van der Waals surface area contributed by atoms with Crippen molar-refractivity contribution in [3.05, 3.63) is 42.2 Å². The molecule has 3 amide bonds. The molecule has 0 spiro atoms. The Morgan fingerprint density at radius 2 is 1.89 bits per heavy atom. The van der Waals surface area contributed by atoms with Gasteiger partial charge in [0.15, 0.2) is 5.16 Å². The van der Waals surface area contributed by atoms with Crippen LogP contribution in [0.5, 0.6) is 0 Å². The number of imide groups is 1. The molecule has 1 atom stereocenters. The van der Waals surface area contributed by atoms with Crippen LogP contribution in [0.25, 0.3) is 0 Å². The average Bonchev–Trinajstić information content (AvgIpc) is 2.87. The molecule has 1 aliphatic heterocycles. The molecule has 0 aliphatic carbocycles. The number of nitrogens with one attached hydrogen (secondary N) is 1. The molecule has 0 saturated carbocycles. The molecule has 2 heterocycles. The quantitative estimate of drug-likeness (QED) is 0.561. The smallest absolute Gasteiger partial charge is 0.264 e. The number of carbonyl (C=O) groups is 3. The highest BCUT2D eigenvalue weighted by atomic mass is 32.2. The number of benzene rings is 1. The largest absolute Gasteiger partial charge is 0.274 e.